The Morgan fingerprint density at radius 2 is 2.20 bits per heavy atom. The van der Waals surface area contributed by atoms with Crippen LogP contribution in [-0.4, -0.2) is 28.0 Å². The highest BCUT2D eigenvalue weighted by molar-refractivity contribution is 6.51. The second-order valence-electron chi connectivity index (χ2n) is 2.08. The highest BCUT2D eigenvalue weighted by Gasteiger charge is 2.16. The van der Waals surface area contributed by atoms with Crippen LogP contribution in [0.1, 0.15) is 6.92 Å². The van der Waals surface area contributed by atoms with Crippen LogP contribution in [0.15, 0.2) is 0 Å². The summed E-state index contributed by atoms with van der Waals surface area (Å²) < 4.78 is 9.70. The Morgan fingerprint density at radius 1 is 1.70 bits per heavy atom. The van der Waals surface area contributed by atoms with E-state index in [0.29, 0.717) is 0 Å². The molecule has 0 fully saturated rings. The number of carbonyl (C=O) groups is 1. The van der Waals surface area contributed by atoms with E-state index in [1.165, 1.54) is 0 Å². The first-order valence-corrected chi connectivity index (χ1v) is 5.36. The van der Waals surface area contributed by atoms with Gasteiger partial charge in [-0.2, -0.15) is 0 Å². The van der Waals surface area contributed by atoms with Gasteiger partial charge in [0.2, 0.25) is 9.04 Å². The number of rotatable bonds is 3. The summed E-state index contributed by atoms with van der Waals surface area (Å²) in [7, 11) is 0.254. The molecule has 0 spiro atoms. The van der Waals surface area contributed by atoms with Gasteiger partial charge in [-0.05, 0) is 13.5 Å². The third kappa shape index (κ3) is 3.47. The van der Waals surface area contributed by atoms with Crippen molar-refractivity contribution in [1.82, 2.24) is 0 Å². The molecule has 2 N–H and O–H groups in total. The fourth-order valence-electron chi connectivity index (χ4n) is 0.471. The standard InChI is InChI=1S/C5H13NO3Si/c1-4(9-5(6)7)10(3)8-2/h4,10H,1-3H3,(H2,6,7). The molecule has 0 aromatic heterocycles. The number of carbonyl (C=O) groups excluding carboxylic acids is 1. The number of hydrogen-bond donors (Lipinski definition) is 1. The van der Waals surface area contributed by atoms with E-state index in [-0.39, 0.29) is 5.73 Å². The molecule has 0 saturated heterocycles. The first-order chi connectivity index (χ1) is 4.57. The van der Waals surface area contributed by atoms with Crippen LogP contribution in [0.4, 0.5) is 4.79 Å². The zero-order chi connectivity index (χ0) is 8.15. The Balaban J connectivity index is 3.61. The van der Waals surface area contributed by atoms with E-state index in [0.717, 1.165) is 0 Å². The second-order valence-corrected chi connectivity index (χ2v) is 4.90. The highest BCUT2D eigenvalue weighted by atomic mass is 28.3. The van der Waals surface area contributed by atoms with E-state index in [1.807, 2.05) is 6.55 Å². The summed E-state index contributed by atoms with van der Waals surface area (Å²) in [6.07, 6.45) is -0.732. The lowest BCUT2D eigenvalue weighted by Crippen LogP contribution is -2.33. The molecule has 10 heavy (non-hydrogen) atoms. The van der Waals surface area contributed by atoms with Crippen LogP contribution in [0.2, 0.25) is 6.55 Å². The Bertz CT molecular complexity index is 119. The van der Waals surface area contributed by atoms with Gasteiger partial charge < -0.3 is 14.9 Å². The predicted octanol–water partition coefficient (Wildman–Crippen LogP) is 0.00940. The number of nitrogens with two attached hydrogens (primary N) is 1. The van der Waals surface area contributed by atoms with Gasteiger partial charge >= 0.3 is 6.09 Å². The molecule has 0 saturated carbocycles. The highest BCUT2D eigenvalue weighted by Crippen LogP contribution is 1.96. The maximum atomic E-state index is 10.2. The Hall–Kier alpha value is -0.553. The summed E-state index contributed by atoms with van der Waals surface area (Å²) in [5.74, 6) is 0. The van der Waals surface area contributed by atoms with Gasteiger partial charge in [0, 0.05) is 7.11 Å². The third-order valence-corrected chi connectivity index (χ3v) is 3.54. The van der Waals surface area contributed by atoms with Crippen molar-refractivity contribution in [1.29, 1.82) is 0 Å². The summed E-state index contributed by atoms with van der Waals surface area (Å²) in [6, 6.07) is 0. The second kappa shape index (κ2) is 4.29. The number of ether oxygens (including phenoxy) is 1. The van der Waals surface area contributed by atoms with Crippen molar-refractivity contribution in [3.63, 3.8) is 0 Å². The zero-order valence-electron chi connectivity index (χ0n) is 6.46. The number of amides is 1. The molecule has 60 valence electrons. The lowest BCUT2D eigenvalue weighted by atomic mass is 10.8. The minimum atomic E-state index is -1.35. The molecule has 2 atom stereocenters. The number of hydrogen-bond acceptors (Lipinski definition) is 3. The van der Waals surface area contributed by atoms with Crippen molar-refractivity contribution in [2.24, 2.45) is 5.73 Å². The fourth-order valence-corrected chi connectivity index (χ4v) is 1.18. The minimum absolute atomic E-state index is 0.150. The molecule has 0 aromatic carbocycles. The first-order valence-electron chi connectivity index (χ1n) is 3.06. The van der Waals surface area contributed by atoms with Gasteiger partial charge in [0.05, 0.1) is 0 Å². The predicted molar refractivity (Wildman–Crippen MR) is 40.2 cm³/mol. The molecular weight excluding hydrogens is 150 g/mol. The van der Waals surface area contributed by atoms with Crippen LogP contribution in [0.5, 0.6) is 0 Å². The van der Waals surface area contributed by atoms with E-state index in [4.69, 9.17) is 10.2 Å². The molecule has 1 amide bonds. The van der Waals surface area contributed by atoms with Gasteiger partial charge in [-0.15, -0.1) is 0 Å². The van der Waals surface area contributed by atoms with Crippen LogP contribution < -0.4 is 5.73 Å². The Kier molecular flexibility index (Phi) is 4.05. The van der Waals surface area contributed by atoms with Gasteiger partial charge in [-0.1, -0.05) is 0 Å². The van der Waals surface area contributed by atoms with E-state index in [2.05, 4.69) is 4.74 Å². The van der Waals surface area contributed by atoms with Crippen molar-refractivity contribution >= 4 is 15.1 Å². The largest absolute Gasteiger partial charge is 0.448 e. The van der Waals surface area contributed by atoms with E-state index in [1.54, 1.807) is 14.0 Å². The van der Waals surface area contributed by atoms with Crippen molar-refractivity contribution in [2.45, 2.75) is 19.2 Å². The summed E-state index contributed by atoms with van der Waals surface area (Å²) in [6.45, 7) is 3.72. The average Bonchev–Trinajstić information content (AvgIpc) is 1.85. The smallest absolute Gasteiger partial charge is 0.404 e. The van der Waals surface area contributed by atoms with Crippen LogP contribution in [0.3, 0.4) is 0 Å². The zero-order valence-corrected chi connectivity index (χ0v) is 7.61. The van der Waals surface area contributed by atoms with Gasteiger partial charge in [0.15, 0.2) is 0 Å². The first kappa shape index (κ1) is 9.45. The minimum Gasteiger partial charge on any atom is -0.448 e. The van der Waals surface area contributed by atoms with E-state index in [9.17, 15) is 4.79 Å². The van der Waals surface area contributed by atoms with Crippen molar-refractivity contribution < 1.29 is 14.0 Å². The molecule has 0 aromatic rings. The van der Waals surface area contributed by atoms with Gasteiger partial charge in [0.1, 0.15) is 5.73 Å². The fraction of sp³-hybridized carbons (Fsp3) is 0.800. The van der Waals surface area contributed by atoms with Gasteiger partial charge in [0.25, 0.3) is 0 Å². The van der Waals surface area contributed by atoms with Crippen molar-refractivity contribution in [3.05, 3.63) is 0 Å². The van der Waals surface area contributed by atoms with Crippen molar-refractivity contribution in [2.75, 3.05) is 7.11 Å². The molecule has 2 unspecified atom stereocenters. The monoisotopic (exact) mass is 163 g/mol. The van der Waals surface area contributed by atoms with Gasteiger partial charge in [-0.25, -0.2) is 4.79 Å². The summed E-state index contributed by atoms with van der Waals surface area (Å²) in [5.41, 5.74) is 4.64. The summed E-state index contributed by atoms with van der Waals surface area (Å²) >= 11 is 0. The quantitative estimate of drug-likeness (QED) is 0.596. The molecule has 5 heteroatoms. The lowest BCUT2D eigenvalue weighted by molar-refractivity contribution is 0.139. The number of primary amides is 1. The maximum absolute atomic E-state index is 10.2. The van der Waals surface area contributed by atoms with Crippen LogP contribution in [0.25, 0.3) is 0 Å². The topological polar surface area (TPSA) is 61.6 Å². The molecule has 0 aliphatic carbocycles. The molecule has 4 nitrogen and oxygen atoms in total. The molecular formula is C5H13NO3Si. The third-order valence-electron chi connectivity index (χ3n) is 1.33. The molecule has 0 aliphatic heterocycles. The molecule has 0 rings (SSSR count). The van der Waals surface area contributed by atoms with Crippen molar-refractivity contribution in [3.8, 4) is 0 Å². The lowest BCUT2D eigenvalue weighted by Gasteiger charge is -2.15. The maximum Gasteiger partial charge on any atom is 0.404 e. The van der Waals surface area contributed by atoms with Crippen LogP contribution in [-0.2, 0) is 9.16 Å². The van der Waals surface area contributed by atoms with Gasteiger partial charge in [-0.3, -0.25) is 0 Å². The Labute approximate surface area is 62.0 Å². The molecule has 0 heterocycles. The Morgan fingerprint density at radius 3 is 2.50 bits per heavy atom. The molecule has 0 aliphatic rings. The van der Waals surface area contributed by atoms with Crippen LogP contribution >= 0.6 is 0 Å². The van der Waals surface area contributed by atoms with Crippen LogP contribution in [0, 0.1) is 0 Å². The summed E-state index contributed by atoms with van der Waals surface area (Å²) in [4.78, 5) is 10.2. The SMILES string of the molecule is CO[SiH](C)C(C)OC(N)=O. The van der Waals surface area contributed by atoms with E-state index >= 15 is 0 Å². The molecule has 0 radical (unpaired) electrons. The van der Waals surface area contributed by atoms with E-state index < -0.39 is 15.1 Å². The molecule has 0 bridgehead atoms. The normalized spacial score (nSPS) is 15.9. The summed E-state index contributed by atoms with van der Waals surface area (Å²) in [5, 5.41) is 0. The average molecular weight is 163 g/mol.